The molecule has 5 heteroatoms. The number of hydrogen-bond donors (Lipinski definition) is 1. The first-order valence-electron chi connectivity index (χ1n) is 5.91. The van der Waals surface area contributed by atoms with Gasteiger partial charge in [0.1, 0.15) is 11.6 Å². The van der Waals surface area contributed by atoms with E-state index in [1.54, 1.807) is 12.1 Å². The third-order valence-corrected chi connectivity index (χ3v) is 3.51. The van der Waals surface area contributed by atoms with E-state index >= 15 is 0 Å². The molecule has 2 aromatic rings. The maximum atomic E-state index is 13.9. The van der Waals surface area contributed by atoms with E-state index in [-0.39, 0.29) is 5.82 Å². The highest BCUT2D eigenvalue weighted by atomic mass is 79.9. The van der Waals surface area contributed by atoms with Crippen molar-refractivity contribution < 1.29 is 8.78 Å². The van der Waals surface area contributed by atoms with Crippen LogP contribution in [0.4, 0.5) is 8.78 Å². The fourth-order valence-corrected chi connectivity index (χ4v) is 2.42. The van der Waals surface area contributed by atoms with Crippen LogP contribution >= 0.6 is 15.9 Å². The summed E-state index contributed by atoms with van der Waals surface area (Å²) in [6.07, 6.45) is 2.68. The molecule has 1 aromatic heterocycles. The Morgan fingerprint density at radius 1 is 1.26 bits per heavy atom. The quantitative estimate of drug-likeness (QED) is 0.923. The molecule has 0 saturated carbocycles. The lowest BCUT2D eigenvalue weighted by Crippen LogP contribution is -2.23. The molecule has 0 amide bonds. The summed E-state index contributed by atoms with van der Waals surface area (Å²) in [6, 6.07) is 5.56. The minimum atomic E-state index is -0.418. The second kappa shape index (κ2) is 6.21. The number of hydrogen-bond acceptors (Lipinski definition) is 2. The van der Waals surface area contributed by atoms with E-state index in [1.165, 1.54) is 18.3 Å². The fraction of sp³-hybridized carbons (Fsp3) is 0.214. The summed E-state index contributed by atoms with van der Waals surface area (Å²) >= 11 is 3.38. The van der Waals surface area contributed by atoms with E-state index in [2.05, 4.69) is 26.2 Å². The van der Waals surface area contributed by atoms with E-state index in [9.17, 15) is 8.78 Å². The summed E-state index contributed by atoms with van der Waals surface area (Å²) in [5.41, 5.74) is 1.11. The van der Waals surface area contributed by atoms with E-state index in [0.29, 0.717) is 17.7 Å². The first kappa shape index (κ1) is 14.1. The van der Waals surface area contributed by atoms with Gasteiger partial charge in [0.25, 0.3) is 0 Å². The van der Waals surface area contributed by atoms with Crippen molar-refractivity contribution in [2.24, 2.45) is 0 Å². The molecule has 0 aliphatic carbocycles. The first-order valence-corrected chi connectivity index (χ1v) is 6.70. The minimum Gasteiger partial charge on any atom is -0.306 e. The van der Waals surface area contributed by atoms with Crippen LogP contribution in [0.25, 0.3) is 0 Å². The molecule has 1 atom stereocenters. The van der Waals surface area contributed by atoms with Crippen molar-refractivity contribution in [3.63, 3.8) is 0 Å². The molecule has 1 aromatic carbocycles. The SMILES string of the molecule is CCNC(c1ccncc1F)c1cc(F)ccc1Br. The first-order chi connectivity index (χ1) is 9.13. The number of pyridine rings is 1. The van der Waals surface area contributed by atoms with Gasteiger partial charge in [-0.1, -0.05) is 22.9 Å². The van der Waals surface area contributed by atoms with E-state index < -0.39 is 11.9 Å². The van der Waals surface area contributed by atoms with Gasteiger partial charge in [0.15, 0.2) is 0 Å². The van der Waals surface area contributed by atoms with Crippen molar-refractivity contribution >= 4 is 15.9 Å². The monoisotopic (exact) mass is 326 g/mol. The van der Waals surface area contributed by atoms with Crippen molar-refractivity contribution in [2.75, 3.05) is 6.54 Å². The number of benzene rings is 1. The summed E-state index contributed by atoms with van der Waals surface area (Å²) in [6.45, 7) is 2.55. The molecule has 0 fully saturated rings. The molecule has 100 valence electrons. The minimum absolute atomic E-state index is 0.351. The standard InChI is InChI=1S/C14H13BrF2N2/c1-2-19-14(10-5-6-18-8-13(10)17)11-7-9(16)3-4-12(11)15/h3-8,14,19H,2H2,1H3. The van der Waals surface area contributed by atoms with Crippen molar-refractivity contribution in [3.8, 4) is 0 Å². The predicted molar refractivity (Wildman–Crippen MR) is 73.8 cm³/mol. The predicted octanol–water partition coefficient (Wildman–Crippen LogP) is 3.82. The zero-order valence-corrected chi connectivity index (χ0v) is 11.9. The molecular formula is C14H13BrF2N2. The van der Waals surface area contributed by atoms with Crippen LogP contribution in [0.2, 0.25) is 0 Å². The van der Waals surface area contributed by atoms with Crippen LogP contribution in [-0.4, -0.2) is 11.5 Å². The molecule has 0 aliphatic heterocycles. The second-order valence-electron chi connectivity index (χ2n) is 4.05. The normalized spacial score (nSPS) is 12.4. The molecule has 0 spiro atoms. The van der Waals surface area contributed by atoms with Gasteiger partial charge in [-0.05, 0) is 36.4 Å². The number of aromatic nitrogens is 1. The number of rotatable bonds is 4. The Balaban J connectivity index is 2.51. The third-order valence-electron chi connectivity index (χ3n) is 2.79. The van der Waals surface area contributed by atoms with Gasteiger partial charge in [0.2, 0.25) is 0 Å². The molecule has 19 heavy (non-hydrogen) atoms. The van der Waals surface area contributed by atoms with Crippen LogP contribution in [0.5, 0.6) is 0 Å². The lowest BCUT2D eigenvalue weighted by Gasteiger charge is -2.20. The van der Waals surface area contributed by atoms with Crippen LogP contribution in [-0.2, 0) is 0 Å². The molecule has 0 bridgehead atoms. The molecule has 2 rings (SSSR count). The van der Waals surface area contributed by atoms with Crippen molar-refractivity contribution in [2.45, 2.75) is 13.0 Å². The molecular weight excluding hydrogens is 314 g/mol. The van der Waals surface area contributed by atoms with Gasteiger partial charge in [0.05, 0.1) is 12.2 Å². The molecule has 0 aliphatic rings. The van der Waals surface area contributed by atoms with Crippen LogP contribution in [0.3, 0.4) is 0 Å². The van der Waals surface area contributed by atoms with E-state index in [4.69, 9.17) is 0 Å². The number of halogens is 3. The van der Waals surface area contributed by atoms with Crippen molar-refractivity contribution in [1.29, 1.82) is 0 Å². The Morgan fingerprint density at radius 2 is 2.05 bits per heavy atom. The van der Waals surface area contributed by atoms with Crippen LogP contribution < -0.4 is 5.32 Å². The van der Waals surface area contributed by atoms with Gasteiger partial charge >= 0.3 is 0 Å². The number of nitrogens with one attached hydrogen (secondary N) is 1. The average Bonchev–Trinajstić information content (AvgIpc) is 2.40. The largest absolute Gasteiger partial charge is 0.306 e. The Kier molecular flexibility index (Phi) is 4.61. The highest BCUT2D eigenvalue weighted by molar-refractivity contribution is 9.10. The third kappa shape index (κ3) is 3.16. The maximum Gasteiger partial charge on any atom is 0.146 e. The highest BCUT2D eigenvalue weighted by Gasteiger charge is 2.19. The van der Waals surface area contributed by atoms with Crippen LogP contribution in [0.15, 0.2) is 41.1 Å². The van der Waals surface area contributed by atoms with Gasteiger partial charge < -0.3 is 5.32 Å². The lowest BCUT2D eigenvalue weighted by molar-refractivity contribution is 0.549. The van der Waals surface area contributed by atoms with Crippen LogP contribution in [0, 0.1) is 11.6 Å². The van der Waals surface area contributed by atoms with E-state index in [1.807, 2.05) is 6.92 Å². The summed E-state index contributed by atoms with van der Waals surface area (Å²) in [5.74, 6) is -0.764. The Morgan fingerprint density at radius 3 is 2.74 bits per heavy atom. The van der Waals surface area contributed by atoms with Gasteiger partial charge in [0, 0.05) is 16.2 Å². The lowest BCUT2D eigenvalue weighted by atomic mass is 9.99. The van der Waals surface area contributed by atoms with Crippen molar-refractivity contribution in [3.05, 3.63) is 63.9 Å². The highest BCUT2D eigenvalue weighted by Crippen LogP contribution is 2.30. The summed E-state index contributed by atoms with van der Waals surface area (Å²) < 4.78 is 28.0. The smallest absolute Gasteiger partial charge is 0.146 e. The molecule has 2 nitrogen and oxygen atoms in total. The second-order valence-corrected chi connectivity index (χ2v) is 4.91. The van der Waals surface area contributed by atoms with Crippen molar-refractivity contribution in [1.82, 2.24) is 10.3 Å². The Hall–Kier alpha value is -1.33. The zero-order chi connectivity index (χ0) is 13.8. The van der Waals surface area contributed by atoms with E-state index in [0.717, 1.165) is 10.7 Å². The molecule has 0 radical (unpaired) electrons. The topological polar surface area (TPSA) is 24.9 Å². The maximum absolute atomic E-state index is 13.9. The van der Waals surface area contributed by atoms with Crippen LogP contribution in [0.1, 0.15) is 24.1 Å². The molecule has 1 heterocycles. The number of nitrogens with zero attached hydrogens (tertiary/aromatic N) is 1. The Bertz CT molecular complexity index is 575. The molecule has 0 saturated heterocycles. The van der Waals surface area contributed by atoms with Gasteiger partial charge in [-0.15, -0.1) is 0 Å². The fourth-order valence-electron chi connectivity index (χ4n) is 1.95. The average molecular weight is 327 g/mol. The summed E-state index contributed by atoms with van der Waals surface area (Å²) in [7, 11) is 0. The zero-order valence-electron chi connectivity index (χ0n) is 10.3. The molecule has 1 unspecified atom stereocenters. The van der Waals surface area contributed by atoms with Gasteiger partial charge in [-0.25, -0.2) is 8.78 Å². The Labute approximate surface area is 119 Å². The summed E-state index contributed by atoms with van der Waals surface area (Å²) in [4.78, 5) is 3.73. The van der Waals surface area contributed by atoms with Gasteiger partial charge in [-0.2, -0.15) is 0 Å². The molecule has 1 N–H and O–H groups in total. The van der Waals surface area contributed by atoms with Gasteiger partial charge in [-0.3, -0.25) is 4.98 Å². The summed E-state index contributed by atoms with van der Waals surface area (Å²) in [5, 5.41) is 3.16.